The van der Waals surface area contributed by atoms with Crippen LogP contribution in [0.1, 0.15) is 80.6 Å². The second-order valence-electron chi connectivity index (χ2n) is 5.26. The molecule has 18 heavy (non-hydrogen) atoms. The van der Waals surface area contributed by atoms with Gasteiger partial charge in [0.2, 0.25) is 0 Å². The molecule has 106 valence electrons. The Morgan fingerprint density at radius 1 is 0.889 bits per heavy atom. The van der Waals surface area contributed by atoms with Gasteiger partial charge in [-0.1, -0.05) is 63.8 Å². The highest BCUT2D eigenvalue weighted by Crippen LogP contribution is 2.20. The topological polar surface area (TPSA) is 0 Å². The first-order valence-corrected chi connectivity index (χ1v) is 7.41. The number of hydrogen-bond donors (Lipinski definition) is 0. The van der Waals surface area contributed by atoms with Crippen LogP contribution in [0.25, 0.3) is 0 Å². The Kier molecular flexibility index (Phi) is 13.8. The zero-order valence-electron chi connectivity index (χ0n) is 13.8. The molecular weight excluding hydrogens is 216 g/mol. The quantitative estimate of drug-likeness (QED) is 0.453. The van der Waals surface area contributed by atoms with E-state index in [0.29, 0.717) is 0 Å². The third kappa shape index (κ3) is 11.7. The maximum atomic E-state index is 4.00. The molecule has 0 aliphatic rings. The minimum atomic E-state index is 1.18. The predicted octanol–water partition coefficient (Wildman–Crippen LogP) is 6.84. The highest BCUT2D eigenvalue weighted by atomic mass is 14.1. The highest BCUT2D eigenvalue weighted by molar-refractivity contribution is 5.37. The lowest BCUT2D eigenvalue weighted by molar-refractivity contribution is 0.792. The van der Waals surface area contributed by atoms with Gasteiger partial charge in [0.25, 0.3) is 0 Å². The summed E-state index contributed by atoms with van der Waals surface area (Å²) in [5.74, 6) is 0. The largest absolute Gasteiger partial charge is 0.0958 e. The van der Waals surface area contributed by atoms with Crippen molar-refractivity contribution in [1.29, 1.82) is 0 Å². The summed E-state index contributed by atoms with van der Waals surface area (Å²) in [5, 5.41) is 0. The SMILES string of the molecule is C=C(C)/C(C)=C(\C=C(C)C)CCCC.CCCC. The molecule has 0 aliphatic carbocycles. The predicted molar refractivity (Wildman–Crippen MR) is 87.1 cm³/mol. The Bertz CT molecular complexity index is 270. The van der Waals surface area contributed by atoms with Gasteiger partial charge in [0.15, 0.2) is 0 Å². The van der Waals surface area contributed by atoms with E-state index < -0.39 is 0 Å². The highest BCUT2D eigenvalue weighted by Gasteiger charge is 2.00. The summed E-state index contributed by atoms with van der Waals surface area (Å²) in [7, 11) is 0. The smallest absolute Gasteiger partial charge is 0.0276 e. The van der Waals surface area contributed by atoms with E-state index in [1.165, 1.54) is 54.4 Å². The molecule has 0 unspecified atom stereocenters. The number of allylic oxidation sites excluding steroid dienone is 5. The summed E-state index contributed by atoms with van der Waals surface area (Å²) in [6.07, 6.45) is 8.63. The van der Waals surface area contributed by atoms with Gasteiger partial charge in [-0.05, 0) is 51.7 Å². The van der Waals surface area contributed by atoms with Crippen molar-refractivity contribution in [3.8, 4) is 0 Å². The van der Waals surface area contributed by atoms with Crippen LogP contribution < -0.4 is 0 Å². The van der Waals surface area contributed by atoms with E-state index in [0.717, 1.165) is 0 Å². The average Bonchev–Trinajstić information content (AvgIpc) is 2.33. The lowest BCUT2D eigenvalue weighted by atomic mass is 9.97. The van der Waals surface area contributed by atoms with Gasteiger partial charge < -0.3 is 0 Å². The molecule has 0 aromatic carbocycles. The Hall–Kier alpha value is -0.780. The minimum absolute atomic E-state index is 1.18. The Morgan fingerprint density at radius 3 is 1.67 bits per heavy atom. The lowest BCUT2D eigenvalue weighted by Gasteiger charge is -2.08. The van der Waals surface area contributed by atoms with Crippen molar-refractivity contribution in [2.24, 2.45) is 0 Å². The van der Waals surface area contributed by atoms with Gasteiger partial charge in [0.05, 0.1) is 0 Å². The van der Waals surface area contributed by atoms with Gasteiger partial charge >= 0.3 is 0 Å². The second kappa shape index (κ2) is 12.7. The van der Waals surface area contributed by atoms with Crippen LogP contribution in [0.4, 0.5) is 0 Å². The van der Waals surface area contributed by atoms with Crippen LogP contribution in [0, 0.1) is 0 Å². The van der Waals surface area contributed by atoms with Crippen molar-refractivity contribution in [3.05, 3.63) is 34.9 Å². The van der Waals surface area contributed by atoms with E-state index in [-0.39, 0.29) is 0 Å². The van der Waals surface area contributed by atoms with Crippen molar-refractivity contribution in [3.63, 3.8) is 0 Å². The molecule has 0 bridgehead atoms. The van der Waals surface area contributed by atoms with E-state index in [9.17, 15) is 0 Å². The van der Waals surface area contributed by atoms with Crippen LogP contribution in [-0.4, -0.2) is 0 Å². The molecule has 0 aliphatic heterocycles. The fourth-order valence-corrected chi connectivity index (χ4v) is 1.36. The maximum absolute atomic E-state index is 4.00. The molecule has 0 atom stereocenters. The first-order valence-electron chi connectivity index (χ1n) is 7.41. The molecule has 0 aromatic rings. The molecule has 0 radical (unpaired) electrons. The van der Waals surface area contributed by atoms with E-state index in [2.05, 4.69) is 61.1 Å². The zero-order valence-corrected chi connectivity index (χ0v) is 13.8. The molecule has 0 saturated heterocycles. The Morgan fingerprint density at radius 2 is 1.39 bits per heavy atom. The maximum Gasteiger partial charge on any atom is -0.0276 e. The van der Waals surface area contributed by atoms with Crippen LogP contribution in [0.3, 0.4) is 0 Å². The van der Waals surface area contributed by atoms with Crippen molar-refractivity contribution >= 4 is 0 Å². The molecule has 0 nitrogen and oxygen atoms in total. The van der Waals surface area contributed by atoms with Gasteiger partial charge in [-0.2, -0.15) is 0 Å². The lowest BCUT2D eigenvalue weighted by Crippen LogP contribution is -1.89. The second-order valence-corrected chi connectivity index (χ2v) is 5.26. The molecule has 0 saturated carbocycles. The zero-order chi connectivity index (χ0) is 14.6. The molecule has 0 amide bonds. The van der Waals surface area contributed by atoms with Crippen molar-refractivity contribution < 1.29 is 0 Å². The summed E-state index contributed by atoms with van der Waals surface area (Å²) in [6.45, 7) is 19.2. The molecule has 0 N–H and O–H groups in total. The van der Waals surface area contributed by atoms with Crippen LogP contribution in [0.15, 0.2) is 34.9 Å². The minimum Gasteiger partial charge on any atom is -0.0958 e. The fraction of sp³-hybridized carbons (Fsp3) is 0.667. The van der Waals surface area contributed by atoms with Crippen molar-refractivity contribution in [2.45, 2.75) is 80.6 Å². The summed E-state index contributed by atoms with van der Waals surface area (Å²) >= 11 is 0. The third-order valence-electron chi connectivity index (χ3n) is 2.88. The molecule has 0 heterocycles. The third-order valence-corrected chi connectivity index (χ3v) is 2.88. The average molecular weight is 250 g/mol. The standard InChI is InChI=1S/C14H24.C4H10/c1-7-8-9-14(10-11(2)3)13(6)12(4)5;1-3-4-2/h10H,4,7-9H2,1-3,5-6H3;3-4H2,1-2H3/b14-13-;. The van der Waals surface area contributed by atoms with E-state index in [1.54, 1.807) is 0 Å². The van der Waals surface area contributed by atoms with Gasteiger partial charge in [0.1, 0.15) is 0 Å². The van der Waals surface area contributed by atoms with Gasteiger partial charge in [-0.25, -0.2) is 0 Å². The summed E-state index contributed by atoms with van der Waals surface area (Å²) in [6, 6.07) is 0. The van der Waals surface area contributed by atoms with Gasteiger partial charge in [0, 0.05) is 0 Å². The molecule has 0 spiro atoms. The number of hydrogen-bond acceptors (Lipinski definition) is 0. The van der Waals surface area contributed by atoms with Gasteiger partial charge in [-0.3, -0.25) is 0 Å². The summed E-state index contributed by atoms with van der Waals surface area (Å²) in [5.41, 5.74) is 5.38. The Labute approximate surface area is 116 Å². The summed E-state index contributed by atoms with van der Waals surface area (Å²) in [4.78, 5) is 0. The number of rotatable bonds is 6. The van der Waals surface area contributed by atoms with Crippen LogP contribution in [0.2, 0.25) is 0 Å². The number of unbranched alkanes of at least 4 members (excludes halogenated alkanes) is 2. The van der Waals surface area contributed by atoms with E-state index in [1.807, 2.05) is 0 Å². The molecule has 0 heteroatoms. The first-order chi connectivity index (χ1) is 8.40. The molecule has 0 rings (SSSR count). The van der Waals surface area contributed by atoms with Gasteiger partial charge in [-0.15, -0.1) is 0 Å². The fourth-order valence-electron chi connectivity index (χ4n) is 1.36. The normalized spacial score (nSPS) is 11.1. The first kappa shape index (κ1) is 19.6. The van der Waals surface area contributed by atoms with E-state index in [4.69, 9.17) is 0 Å². The van der Waals surface area contributed by atoms with Crippen LogP contribution in [0.5, 0.6) is 0 Å². The van der Waals surface area contributed by atoms with Crippen LogP contribution >= 0.6 is 0 Å². The molecule has 0 fully saturated rings. The van der Waals surface area contributed by atoms with Crippen LogP contribution in [-0.2, 0) is 0 Å². The van der Waals surface area contributed by atoms with Crippen molar-refractivity contribution in [1.82, 2.24) is 0 Å². The van der Waals surface area contributed by atoms with Crippen molar-refractivity contribution in [2.75, 3.05) is 0 Å². The summed E-state index contributed by atoms with van der Waals surface area (Å²) < 4.78 is 0. The van der Waals surface area contributed by atoms with E-state index >= 15 is 0 Å². The molecular formula is C18H34. The monoisotopic (exact) mass is 250 g/mol. The molecule has 0 aromatic heterocycles. The Balaban J connectivity index is 0.